The predicted octanol–water partition coefficient (Wildman–Crippen LogP) is 10.3. The van der Waals surface area contributed by atoms with Crippen molar-refractivity contribution in [2.24, 2.45) is 35.5 Å². The minimum atomic E-state index is -2.14. The molecule has 4 aliphatic carbocycles. The number of benzene rings is 1. The summed E-state index contributed by atoms with van der Waals surface area (Å²) in [6.07, 6.45) is 16.8. The van der Waals surface area contributed by atoms with Crippen molar-refractivity contribution in [1.82, 2.24) is 0 Å². The van der Waals surface area contributed by atoms with E-state index < -0.39 is 29.0 Å². The first-order valence-electron chi connectivity index (χ1n) is 16.1. The second-order valence-electron chi connectivity index (χ2n) is 13.6. The van der Waals surface area contributed by atoms with Crippen LogP contribution in [0.25, 0.3) is 0 Å². The number of halogens is 4. The molecule has 0 saturated heterocycles. The Hall–Kier alpha value is -1.78. The van der Waals surface area contributed by atoms with E-state index in [4.69, 9.17) is 4.74 Å². The van der Waals surface area contributed by atoms with Gasteiger partial charge in [-0.1, -0.05) is 51.3 Å². The molecule has 0 N–H and O–H groups in total. The normalized spacial score (nSPS) is 36.4. The fourth-order valence-electron chi connectivity index (χ4n) is 8.58. The molecule has 1 nitrogen and oxygen atoms in total. The third-order valence-corrected chi connectivity index (χ3v) is 11.2. The lowest BCUT2D eigenvalue weighted by Crippen LogP contribution is -2.36. The average Bonchev–Trinajstić information content (AvgIpc) is 2.97. The molecular formula is C35H48F4O. The Balaban J connectivity index is 1.12. The molecule has 3 saturated carbocycles. The van der Waals surface area contributed by atoms with Crippen LogP contribution in [0.2, 0.25) is 0 Å². The first-order valence-corrected chi connectivity index (χ1v) is 16.1. The van der Waals surface area contributed by atoms with Crippen LogP contribution in [0.3, 0.4) is 0 Å². The van der Waals surface area contributed by atoms with Crippen molar-refractivity contribution in [3.63, 3.8) is 0 Å². The minimum absolute atomic E-state index is 0.116. The lowest BCUT2D eigenvalue weighted by Gasteiger charge is -2.45. The van der Waals surface area contributed by atoms with Crippen LogP contribution in [-0.4, -0.2) is 12.8 Å². The fourth-order valence-corrected chi connectivity index (χ4v) is 8.58. The molecule has 1 aromatic rings. The van der Waals surface area contributed by atoms with Crippen LogP contribution >= 0.6 is 0 Å². The third-order valence-electron chi connectivity index (χ3n) is 11.2. The molecule has 0 aliphatic heterocycles. The van der Waals surface area contributed by atoms with Crippen LogP contribution in [0.5, 0.6) is 0 Å². The van der Waals surface area contributed by atoms with E-state index in [-0.39, 0.29) is 16.9 Å². The van der Waals surface area contributed by atoms with Crippen LogP contribution in [0.4, 0.5) is 17.6 Å². The maximum Gasteiger partial charge on any atom is 0.177 e. The molecule has 6 unspecified atom stereocenters. The fraction of sp³-hybridized carbons (Fsp3) is 0.714. The van der Waals surface area contributed by atoms with Crippen LogP contribution in [0.1, 0.15) is 109 Å². The van der Waals surface area contributed by atoms with Crippen molar-refractivity contribution < 1.29 is 22.3 Å². The highest BCUT2D eigenvalue weighted by atomic mass is 19.2. The molecule has 0 amide bonds. The first-order chi connectivity index (χ1) is 19.2. The molecule has 0 radical (unpaired) electrons. The molecule has 4 aliphatic rings. The average molecular weight is 561 g/mol. The summed E-state index contributed by atoms with van der Waals surface area (Å²) in [7, 11) is 0. The number of alkyl halides is 1. The van der Waals surface area contributed by atoms with Gasteiger partial charge in [-0.25, -0.2) is 17.6 Å². The van der Waals surface area contributed by atoms with Crippen molar-refractivity contribution in [2.75, 3.05) is 6.61 Å². The zero-order valence-corrected chi connectivity index (χ0v) is 24.7. The van der Waals surface area contributed by atoms with Crippen molar-refractivity contribution >= 4 is 0 Å². The Bertz CT molecular complexity index is 1090. The molecule has 6 atom stereocenters. The van der Waals surface area contributed by atoms with Crippen LogP contribution in [0.15, 0.2) is 35.9 Å². The lowest BCUT2D eigenvalue weighted by molar-refractivity contribution is 0.0500. The molecule has 5 rings (SSSR count). The van der Waals surface area contributed by atoms with Crippen LogP contribution in [-0.2, 0) is 16.6 Å². The van der Waals surface area contributed by atoms with E-state index in [1.165, 1.54) is 95.4 Å². The van der Waals surface area contributed by atoms with Gasteiger partial charge in [-0.2, -0.15) is 0 Å². The van der Waals surface area contributed by atoms with E-state index >= 15 is 8.78 Å². The maximum atomic E-state index is 15.4. The highest BCUT2D eigenvalue weighted by Gasteiger charge is 2.44. The summed E-state index contributed by atoms with van der Waals surface area (Å²) in [5, 5.41) is 0. The summed E-state index contributed by atoms with van der Waals surface area (Å²) >= 11 is 0. The molecule has 40 heavy (non-hydrogen) atoms. The number of ether oxygens (including phenoxy) is 1. The van der Waals surface area contributed by atoms with Crippen molar-refractivity contribution in [2.45, 2.75) is 116 Å². The highest BCUT2D eigenvalue weighted by Crippen LogP contribution is 2.50. The Kier molecular flexibility index (Phi) is 9.37. The minimum Gasteiger partial charge on any atom is -0.490 e. The van der Waals surface area contributed by atoms with Gasteiger partial charge in [0.1, 0.15) is 0 Å². The van der Waals surface area contributed by atoms with E-state index in [1.54, 1.807) is 6.92 Å². The molecule has 222 valence electrons. The molecule has 0 heterocycles. The topological polar surface area (TPSA) is 9.23 Å². The van der Waals surface area contributed by atoms with Gasteiger partial charge in [-0.15, -0.1) is 0 Å². The van der Waals surface area contributed by atoms with E-state index in [0.29, 0.717) is 18.9 Å². The van der Waals surface area contributed by atoms with Gasteiger partial charge in [0.25, 0.3) is 0 Å². The number of hydrogen-bond acceptors (Lipinski definition) is 1. The molecule has 5 heteroatoms. The second-order valence-corrected chi connectivity index (χ2v) is 13.6. The van der Waals surface area contributed by atoms with Gasteiger partial charge in [0.2, 0.25) is 0 Å². The standard InChI is InChI=1S/C35H48F4O/c1-4-6-22-7-12-28-20-27(14-13-26(28)19-22)25-10-8-23(9-11-25)21-40-30-17-18-35(3,34(39)33(30)38)29-16-15-24(5-2)31(36)32(29)37/h15-18,22-23,25-28,34H,4-14,19-21H2,1-3H3. The van der Waals surface area contributed by atoms with Crippen LogP contribution in [0, 0.1) is 47.1 Å². The van der Waals surface area contributed by atoms with E-state index in [1.807, 2.05) is 0 Å². The summed E-state index contributed by atoms with van der Waals surface area (Å²) in [4.78, 5) is 0. The summed E-state index contributed by atoms with van der Waals surface area (Å²) in [5.41, 5.74) is -1.60. The molecule has 0 spiro atoms. The Morgan fingerprint density at radius 1 is 0.800 bits per heavy atom. The van der Waals surface area contributed by atoms with Crippen molar-refractivity contribution in [3.8, 4) is 0 Å². The van der Waals surface area contributed by atoms with Gasteiger partial charge < -0.3 is 4.74 Å². The van der Waals surface area contributed by atoms with E-state index in [9.17, 15) is 8.78 Å². The Morgan fingerprint density at radius 3 is 2.12 bits per heavy atom. The smallest absolute Gasteiger partial charge is 0.177 e. The molecule has 0 bridgehead atoms. The van der Waals surface area contributed by atoms with Gasteiger partial charge >= 0.3 is 0 Å². The summed E-state index contributed by atoms with van der Waals surface area (Å²) in [6.45, 7) is 5.81. The third kappa shape index (κ3) is 5.91. The first kappa shape index (κ1) is 29.7. The summed E-state index contributed by atoms with van der Waals surface area (Å²) < 4.78 is 65.6. The molecule has 3 fully saturated rings. The molecular weight excluding hydrogens is 512 g/mol. The zero-order chi connectivity index (χ0) is 28.4. The van der Waals surface area contributed by atoms with Gasteiger partial charge in [-0.3, -0.25) is 0 Å². The highest BCUT2D eigenvalue weighted by molar-refractivity contribution is 5.43. The van der Waals surface area contributed by atoms with Crippen molar-refractivity contribution in [1.29, 1.82) is 0 Å². The van der Waals surface area contributed by atoms with Gasteiger partial charge in [0.15, 0.2) is 29.4 Å². The van der Waals surface area contributed by atoms with E-state index in [2.05, 4.69) is 6.92 Å². The van der Waals surface area contributed by atoms with Crippen molar-refractivity contribution in [3.05, 3.63) is 58.6 Å². The van der Waals surface area contributed by atoms with Gasteiger partial charge in [-0.05, 0) is 118 Å². The SMILES string of the molecule is CCCC1CCC2CC(C3CCC(COC4=C(F)C(F)C(C)(c5ccc(CC)c(F)c5F)C=C4)CC3)CCC2C1. The monoisotopic (exact) mass is 560 g/mol. The number of allylic oxidation sites excluding steroid dienone is 3. The number of rotatable bonds is 8. The van der Waals surface area contributed by atoms with E-state index in [0.717, 1.165) is 42.4 Å². The largest absolute Gasteiger partial charge is 0.490 e. The maximum absolute atomic E-state index is 15.4. The van der Waals surface area contributed by atoms with Crippen LogP contribution < -0.4 is 0 Å². The second kappa shape index (κ2) is 12.6. The Morgan fingerprint density at radius 2 is 1.43 bits per heavy atom. The van der Waals surface area contributed by atoms with Gasteiger partial charge in [0.05, 0.1) is 12.0 Å². The summed E-state index contributed by atoms with van der Waals surface area (Å²) in [5.74, 6) is 1.60. The Labute approximate surface area is 238 Å². The number of fused-ring (bicyclic) bond motifs is 1. The quantitative estimate of drug-likeness (QED) is 0.287. The zero-order valence-electron chi connectivity index (χ0n) is 24.7. The lowest BCUT2D eigenvalue weighted by atomic mass is 9.60. The summed E-state index contributed by atoms with van der Waals surface area (Å²) in [6, 6.07) is 2.82. The van der Waals surface area contributed by atoms with Gasteiger partial charge in [0, 0.05) is 5.56 Å². The number of hydrogen-bond donors (Lipinski definition) is 0. The molecule has 1 aromatic carbocycles. The number of aryl methyl sites for hydroxylation is 1. The molecule has 0 aromatic heterocycles. The predicted molar refractivity (Wildman–Crippen MR) is 153 cm³/mol.